The zero-order chi connectivity index (χ0) is 22.2. The summed E-state index contributed by atoms with van der Waals surface area (Å²) >= 11 is 1.27. The maximum absolute atomic E-state index is 12.7. The molecule has 0 saturated carbocycles. The lowest BCUT2D eigenvalue weighted by atomic mass is 10.1. The number of para-hydroxylation sites is 2. The van der Waals surface area contributed by atoms with Gasteiger partial charge in [-0.05, 0) is 29.8 Å². The van der Waals surface area contributed by atoms with Gasteiger partial charge < -0.3 is 10.6 Å². The molecule has 0 aliphatic carbocycles. The quantitative estimate of drug-likeness (QED) is 0.403. The molecule has 1 aromatic heterocycles. The van der Waals surface area contributed by atoms with E-state index in [1.165, 1.54) is 11.8 Å². The molecule has 160 valence electrons. The van der Waals surface area contributed by atoms with Crippen molar-refractivity contribution in [3.8, 4) is 5.69 Å². The Morgan fingerprint density at radius 2 is 1.56 bits per heavy atom. The number of carbonyl (C=O) groups is 2. The highest BCUT2D eigenvalue weighted by molar-refractivity contribution is 7.99. The summed E-state index contributed by atoms with van der Waals surface area (Å²) in [4.78, 5) is 25.3. The van der Waals surface area contributed by atoms with E-state index in [2.05, 4.69) is 20.8 Å². The Morgan fingerprint density at radius 1 is 0.875 bits per heavy atom. The van der Waals surface area contributed by atoms with Crippen molar-refractivity contribution < 1.29 is 9.59 Å². The molecule has 0 bridgehead atoms. The standard InChI is InChI=1S/C24H21N5O2S/c30-22(16-32-24-28-26-17-29(24)19-11-5-2-6-12-19)27-21-14-8-7-13-20(21)23(31)25-15-18-9-3-1-4-10-18/h1-14,17H,15-16H2,(H,25,31)(H,27,30). The summed E-state index contributed by atoms with van der Waals surface area (Å²) < 4.78 is 1.82. The SMILES string of the molecule is O=C(CSc1nncn1-c1ccccc1)Nc1ccccc1C(=O)NCc1ccccc1. The van der Waals surface area contributed by atoms with Crippen LogP contribution in [0.5, 0.6) is 0 Å². The molecule has 0 aliphatic rings. The van der Waals surface area contributed by atoms with Gasteiger partial charge in [0, 0.05) is 12.2 Å². The van der Waals surface area contributed by atoms with Gasteiger partial charge in [-0.25, -0.2) is 0 Å². The summed E-state index contributed by atoms with van der Waals surface area (Å²) in [7, 11) is 0. The van der Waals surface area contributed by atoms with Crippen LogP contribution in [0, 0.1) is 0 Å². The van der Waals surface area contributed by atoms with E-state index in [4.69, 9.17) is 0 Å². The second kappa shape index (κ2) is 10.4. The van der Waals surface area contributed by atoms with E-state index in [0.29, 0.717) is 23.0 Å². The predicted molar refractivity (Wildman–Crippen MR) is 125 cm³/mol. The van der Waals surface area contributed by atoms with Crippen LogP contribution in [-0.4, -0.2) is 32.3 Å². The number of amides is 2. The topological polar surface area (TPSA) is 88.9 Å². The summed E-state index contributed by atoms with van der Waals surface area (Å²) in [5.41, 5.74) is 2.80. The smallest absolute Gasteiger partial charge is 0.253 e. The average Bonchev–Trinajstić information content (AvgIpc) is 3.31. The van der Waals surface area contributed by atoms with Gasteiger partial charge in [0.15, 0.2) is 5.16 Å². The largest absolute Gasteiger partial charge is 0.348 e. The molecular weight excluding hydrogens is 422 g/mol. The Hall–Kier alpha value is -3.91. The molecule has 2 N–H and O–H groups in total. The molecule has 4 rings (SSSR count). The number of rotatable bonds is 8. The Labute approximate surface area is 189 Å². The van der Waals surface area contributed by atoms with Crippen molar-refractivity contribution in [2.75, 3.05) is 11.1 Å². The molecule has 0 aliphatic heterocycles. The normalized spacial score (nSPS) is 10.5. The molecule has 0 fully saturated rings. The number of nitrogens with zero attached hydrogens (tertiary/aromatic N) is 3. The van der Waals surface area contributed by atoms with Crippen LogP contribution < -0.4 is 10.6 Å². The number of thioether (sulfide) groups is 1. The Kier molecular flexibility index (Phi) is 6.94. The molecule has 7 nitrogen and oxygen atoms in total. The third-order valence-corrected chi connectivity index (χ3v) is 5.57. The van der Waals surface area contributed by atoms with Crippen molar-refractivity contribution in [3.05, 3.63) is 102 Å². The second-order valence-corrected chi connectivity index (χ2v) is 7.81. The van der Waals surface area contributed by atoms with E-state index in [1.54, 1.807) is 30.6 Å². The fourth-order valence-corrected chi connectivity index (χ4v) is 3.80. The molecule has 0 radical (unpaired) electrons. The van der Waals surface area contributed by atoms with Gasteiger partial charge in [-0.3, -0.25) is 14.2 Å². The predicted octanol–water partition coefficient (Wildman–Crippen LogP) is 3.93. The zero-order valence-electron chi connectivity index (χ0n) is 17.1. The minimum absolute atomic E-state index is 0.130. The maximum Gasteiger partial charge on any atom is 0.253 e. The average molecular weight is 444 g/mol. The van der Waals surface area contributed by atoms with Crippen molar-refractivity contribution >= 4 is 29.3 Å². The molecule has 0 saturated heterocycles. The van der Waals surface area contributed by atoms with Crippen LogP contribution in [0.25, 0.3) is 5.69 Å². The first-order valence-corrected chi connectivity index (χ1v) is 11.0. The van der Waals surface area contributed by atoms with Crippen molar-refractivity contribution in [2.45, 2.75) is 11.7 Å². The van der Waals surface area contributed by atoms with E-state index in [9.17, 15) is 9.59 Å². The van der Waals surface area contributed by atoms with Gasteiger partial charge in [-0.15, -0.1) is 10.2 Å². The highest BCUT2D eigenvalue weighted by Gasteiger charge is 2.14. The molecule has 1 heterocycles. The summed E-state index contributed by atoms with van der Waals surface area (Å²) in [5.74, 6) is -0.354. The van der Waals surface area contributed by atoms with Crippen LogP contribution in [-0.2, 0) is 11.3 Å². The Bertz CT molecular complexity index is 1200. The highest BCUT2D eigenvalue weighted by atomic mass is 32.2. The summed E-state index contributed by atoms with van der Waals surface area (Å²) in [6.45, 7) is 0.410. The molecule has 0 unspecified atom stereocenters. The fraction of sp³-hybridized carbons (Fsp3) is 0.0833. The number of hydrogen-bond donors (Lipinski definition) is 2. The van der Waals surface area contributed by atoms with E-state index in [-0.39, 0.29) is 17.6 Å². The molecule has 0 spiro atoms. The van der Waals surface area contributed by atoms with Gasteiger partial charge >= 0.3 is 0 Å². The highest BCUT2D eigenvalue weighted by Crippen LogP contribution is 2.21. The third-order valence-electron chi connectivity index (χ3n) is 4.62. The van der Waals surface area contributed by atoms with Crippen molar-refractivity contribution in [2.24, 2.45) is 0 Å². The Balaban J connectivity index is 1.37. The van der Waals surface area contributed by atoms with E-state index in [1.807, 2.05) is 65.2 Å². The molecule has 2 amide bonds. The van der Waals surface area contributed by atoms with Gasteiger partial charge in [0.2, 0.25) is 5.91 Å². The lowest BCUT2D eigenvalue weighted by molar-refractivity contribution is -0.113. The minimum atomic E-state index is -0.249. The number of anilines is 1. The van der Waals surface area contributed by atoms with Crippen LogP contribution >= 0.6 is 11.8 Å². The number of hydrogen-bond acceptors (Lipinski definition) is 5. The van der Waals surface area contributed by atoms with Gasteiger partial charge in [0.1, 0.15) is 6.33 Å². The molecule has 0 atom stereocenters. The Morgan fingerprint density at radius 3 is 2.34 bits per heavy atom. The van der Waals surface area contributed by atoms with Crippen LogP contribution in [0.4, 0.5) is 5.69 Å². The van der Waals surface area contributed by atoms with E-state index < -0.39 is 0 Å². The molecule has 8 heteroatoms. The summed E-state index contributed by atoms with van der Waals surface area (Å²) in [6, 6.07) is 26.3. The van der Waals surface area contributed by atoms with Crippen LogP contribution in [0.15, 0.2) is 96.4 Å². The lowest BCUT2D eigenvalue weighted by Gasteiger charge is -2.12. The first-order chi connectivity index (χ1) is 15.7. The van der Waals surface area contributed by atoms with Gasteiger partial charge in [0.25, 0.3) is 5.91 Å². The summed E-state index contributed by atoms with van der Waals surface area (Å²) in [5, 5.41) is 14.4. The minimum Gasteiger partial charge on any atom is -0.348 e. The number of nitrogens with one attached hydrogen (secondary N) is 2. The summed E-state index contributed by atoms with van der Waals surface area (Å²) in [6.07, 6.45) is 1.61. The van der Waals surface area contributed by atoms with Crippen LogP contribution in [0.3, 0.4) is 0 Å². The molecule has 4 aromatic rings. The van der Waals surface area contributed by atoms with Crippen molar-refractivity contribution in [1.82, 2.24) is 20.1 Å². The first-order valence-electron chi connectivity index (χ1n) is 10.00. The lowest BCUT2D eigenvalue weighted by Crippen LogP contribution is -2.25. The van der Waals surface area contributed by atoms with E-state index in [0.717, 1.165) is 11.3 Å². The van der Waals surface area contributed by atoms with E-state index >= 15 is 0 Å². The number of aromatic nitrogens is 3. The third kappa shape index (κ3) is 5.41. The fourth-order valence-electron chi connectivity index (χ4n) is 3.07. The zero-order valence-corrected chi connectivity index (χ0v) is 18.0. The van der Waals surface area contributed by atoms with Gasteiger partial charge in [-0.2, -0.15) is 0 Å². The van der Waals surface area contributed by atoms with Gasteiger partial charge in [-0.1, -0.05) is 72.4 Å². The molecule has 3 aromatic carbocycles. The van der Waals surface area contributed by atoms with Gasteiger partial charge in [0.05, 0.1) is 17.0 Å². The van der Waals surface area contributed by atoms with Crippen molar-refractivity contribution in [1.29, 1.82) is 0 Å². The van der Waals surface area contributed by atoms with Crippen molar-refractivity contribution in [3.63, 3.8) is 0 Å². The first kappa shape index (κ1) is 21.3. The van der Waals surface area contributed by atoms with Crippen LogP contribution in [0.1, 0.15) is 15.9 Å². The second-order valence-electron chi connectivity index (χ2n) is 6.87. The molecule has 32 heavy (non-hydrogen) atoms. The maximum atomic E-state index is 12.7. The van der Waals surface area contributed by atoms with Crippen LogP contribution in [0.2, 0.25) is 0 Å². The monoisotopic (exact) mass is 443 g/mol. The molecular formula is C24H21N5O2S. The number of carbonyl (C=O) groups excluding carboxylic acids is 2. The number of benzene rings is 3.